The van der Waals surface area contributed by atoms with E-state index in [1.807, 2.05) is 17.5 Å². The average Bonchev–Trinajstić information content (AvgIpc) is 3.58. The lowest BCUT2D eigenvalue weighted by Crippen LogP contribution is -2.15. The molecule has 2 heterocycles. The van der Waals surface area contributed by atoms with Gasteiger partial charge in [0, 0.05) is 38.1 Å². The maximum atomic E-state index is 4.93. The van der Waals surface area contributed by atoms with Gasteiger partial charge in [0.1, 0.15) is 5.82 Å². The highest BCUT2D eigenvalue weighted by Crippen LogP contribution is 2.49. The quantitative estimate of drug-likeness (QED) is 0.245. The predicted octanol–water partition coefficient (Wildman–Crippen LogP) is 10.0. The van der Waals surface area contributed by atoms with Crippen LogP contribution < -0.4 is 0 Å². The maximum Gasteiger partial charge on any atom is 0.144 e. The molecule has 2 aliphatic rings. The first-order valence-electron chi connectivity index (χ1n) is 14.0. The standard InChI is InChI=1S/C33H34N2S/c1-4-12-23(13-5-1)27-22-29-31(26-18-10-11-19-28(26)36-29)30(24-14-6-2-7-15-24)32(27)35-21-20-34-33(35)25-16-8-3-9-17-25/h3,8-11,16-24H,1-2,4-7,12-15H2. The highest BCUT2D eigenvalue weighted by atomic mass is 32.1. The van der Waals surface area contributed by atoms with Gasteiger partial charge in [-0.25, -0.2) is 4.98 Å². The molecule has 182 valence electrons. The molecule has 2 saturated carbocycles. The van der Waals surface area contributed by atoms with Gasteiger partial charge in [0.25, 0.3) is 0 Å². The molecule has 3 aromatic carbocycles. The Morgan fingerprint density at radius 2 is 1.42 bits per heavy atom. The summed E-state index contributed by atoms with van der Waals surface area (Å²) in [7, 11) is 0. The van der Waals surface area contributed by atoms with Crippen LogP contribution in [0, 0.1) is 0 Å². The minimum atomic E-state index is 0.615. The van der Waals surface area contributed by atoms with Crippen molar-refractivity contribution in [3.63, 3.8) is 0 Å². The van der Waals surface area contributed by atoms with E-state index in [1.165, 1.54) is 95.6 Å². The molecular weight excluding hydrogens is 456 g/mol. The molecule has 2 aromatic heterocycles. The minimum Gasteiger partial charge on any atom is -0.299 e. The molecule has 0 spiro atoms. The van der Waals surface area contributed by atoms with E-state index in [1.54, 1.807) is 11.1 Å². The van der Waals surface area contributed by atoms with Crippen molar-refractivity contribution in [3.05, 3.63) is 84.2 Å². The van der Waals surface area contributed by atoms with Crippen molar-refractivity contribution in [2.24, 2.45) is 0 Å². The Bertz CT molecular complexity index is 1500. The van der Waals surface area contributed by atoms with Gasteiger partial charge in [0.05, 0.1) is 5.69 Å². The Balaban J connectivity index is 1.58. The van der Waals surface area contributed by atoms with Crippen LogP contribution in [0.3, 0.4) is 0 Å². The summed E-state index contributed by atoms with van der Waals surface area (Å²) in [6.45, 7) is 0. The Hall–Kier alpha value is -2.91. The second kappa shape index (κ2) is 9.52. The van der Waals surface area contributed by atoms with E-state index in [0.717, 1.165) is 5.82 Å². The molecule has 0 amide bonds. The molecule has 3 heteroatoms. The third-order valence-corrected chi connectivity index (χ3v) is 9.80. The van der Waals surface area contributed by atoms with Crippen molar-refractivity contribution in [3.8, 4) is 17.1 Å². The van der Waals surface area contributed by atoms with Gasteiger partial charge < -0.3 is 0 Å². The summed E-state index contributed by atoms with van der Waals surface area (Å²) in [4.78, 5) is 4.93. The van der Waals surface area contributed by atoms with E-state index in [9.17, 15) is 0 Å². The van der Waals surface area contributed by atoms with Crippen molar-refractivity contribution >= 4 is 31.5 Å². The molecule has 7 rings (SSSR count). The lowest BCUT2D eigenvalue weighted by Gasteiger charge is -2.31. The van der Waals surface area contributed by atoms with E-state index in [-0.39, 0.29) is 0 Å². The first kappa shape index (κ1) is 22.3. The molecule has 0 atom stereocenters. The van der Waals surface area contributed by atoms with Crippen LogP contribution in [-0.4, -0.2) is 9.55 Å². The van der Waals surface area contributed by atoms with Crippen LogP contribution >= 0.6 is 11.3 Å². The number of thiophene rings is 1. The molecule has 0 aliphatic heterocycles. The molecule has 2 aliphatic carbocycles. The van der Waals surface area contributed by atoms with E-state index >= 15 is 0 Å². The van der Waals surface area contributed by atoms with Gasteiger partial charge in [-0.15, -0.1) is 11.3 Å². The molecule has 0 saturated heterocycles. The van der Waals surface area contributed by atoms with Crippen molar-refractivity contribution in [1.82, 2.24) is 9.55 Å². The van der Waals surface area contributed by atoms with Crippen molar-refractivity contribution in [1.29, 1.82) is 0 Å². The fraction of sp³-hybridized carbons (Fsp3) is 0.364. The summed E-state index contributed by atoms with van der Waals surface area (Å²) in [5.41, 5.74) is 5.84. The van der Waals surface area contributed by atoms with E-state index in [2.05, 4.69) is 71.4 Å². The van der Waals surface area contributed by atoms with Gasteiger partial charge in [-0.2, -0.15) is 0 Å². The van der Waals surface area contributed by atoms with E-state index in [4.69, 9.17) is 4.98 Å². The summed E-state index contributed by atoms with van der Waals surface area (Å²) >= 11 is 2.00. The normalized spacial score (nSPS) is 17.8. The summed E-state index contributed by atoms with van der Waals surface area (Å²) in [5.74, 6) is 2.32. The Labute approximate surface area is 218 Å². The molecule has 5 aromatic rings. The number of imidazole rings is 1. The Morgan fingerprint density at radius 3 is 2.19 bits per heavy atom. The van der Waals surface area contributed by atoms with Crippen LogP contribution in [0.25, 0.3) is 37.2 Å². The highest BCUT2D eigenvalue weighted by molar-refractivity contribution is 7.25. The third kappa shape index (κ3) is 3.80. The molecule has 0 N–H and O–H groups in total. The lowest BCUT2D eigenvalue weighted by molar-refractivity contribution is 0.435. The van der Waals surface area contributed by atoms with E-state index < -0.39 is 0 Å². The predicted molar refractivity (Wildman–Crippen MR) is 154 cm³/mol. The van der Waals surface area contributed by atoms with Gasteiger partial charge in [-0.3, -0.25) is 4.57 Å². The zero-order valence-electron chi connectivity index (χ0n) is 21.0. The fourth-order valence-corrected chi connectivity index (χ4v) is 8.17. The van der Waals surface area contributed by atoms with Crippen LogP contribution in [0.1, 0.15) is 87.2 Å². The van der Waals surface area contributed by atoms with E-state index in [0.29, 0.717) is 11.8 Å². The van der Waals surface area contributed by atoms with Crippen LogP contribution in [0.2, 0.25) is 0 Å². The average molecular weight is 491 g/mol. The minimum absolute atomic E-state index is 0.615. The van der Waals surface area contributed by atoms with Crippen LogP contribution in [-0.2, 0) is 0 Å². The van der Waals surface area contributed by atoms with Gasteiger partial charge in [0.15, 0.2) is 0 Å². The molecule has 2 fully saturated rings. The number of rotatable bonds is 4. The number of aromatic nitrogens is 2. The zero-order chi connectivity index (χ0) is 23.9. The maximum absolute atomic E-state index is 4.93. The monoisotopic (exact) mass is 490 g/mol. The Kier molecular flexibility index (Phi) is 5.90. The molecule has 2 nitrogen and oxygen atoms in total. The summed E-state index contributed by atoms with van der Waals surface area (Å²) in [6, 6.07) is 22.5. The van der Waals surface area contributed by atoms with Gasteiger partial charge in [0.2, 0.25) is 0 Å². The van der Waals surface area contributed by atoms with Crippen LogP contribution in [0.15, 0.2) is 73.1 Å². The number of hydrogen-bond acceptors (Lipinski definition) is 2. The van der Waals surface area contributed by atoms with Crippen LogP contribution in [0.4, 0.5) is 0 Å². The second-order valence-corrected chi connectivity index (χ2v) is 11.9. The SMILES string of the molecule is c1ccc(-c2nccn2-c2c(C3CCCCC3)cc3sc4ccccc4c3c2C2CCCCC2)cc1. The second-order valence-electron chi connectivity index (χ2n) is 10.9. The van der Waals surface area contributed by atoms with Crippen molar-refractivity contribution in [2.45, 2.75) is 76.0 Å². The molecular formula is C33H34N2S. The highest BCUT2D eigenvalue weighted by Gasteiger charge is 2.30. The zero-order valence-corrected chi connectivity index (χ0v) is 21.8. The number of hydrogen-bond donors (Lipinski definition) is 0. The lowest BCUT2D eigenvalue weighted by atomic mass is 9.77. The first-order chi connectivity index (χ1) is 17.9. The molecule has 0 bridgehead atoms. The summed E-state index contributed by atoms with van der Waals surface area (Å²) < 4.78 is 5.38. The third-order valence-electron chi connectivity index (χ3n) is 8.68. The summed E-state index contributed by atoms with van der Waals surface area (Å²) in [6.07, 6.45) is 17.6. The summed E-state index contributed by atoms with van der Waals surface area (Å²) in [5, 5.41) is 2.96. The van der Waals surface area contributed by atoms with Gasteiger partial charge in [-0.1, -0.05) is 87.1 Å². The number of nitrogens with zero attached hydrogens (tertiary/aromatic N) is 2. The van der Waals surface area contributed by atoms with Crippen molar-refractivity contribution < 1.29 is 0 Å². The number of benzene rings is 3. The molecule has 36 heavy (non-hydrogen) atoms. The fourth-order valence-electron chi connectivity index (χ4n) is 6.99. The van der Waals surface area contributed by atoms with Gasteiger partial charge >= 0.3 is 0 Å². The number of fused-ring (bicyclic) bond motifs is 3. The van der Waals surface area contributed by atoms with Crippen molar-refractivity contribution in [2.75, 3.05) is 0 Å². The largest absolute Gasteiger partial charge is 0.299 e. The first-order valence-corrected chi connectivity index (χ1v) is 14.8. The topological polar surface area (TPSA) is 17.8 Å². The molecule has 0 unspecified atom stereocenters. The molecule has 0 radical (unpaired) electrons. The smallest absolute Gasteiger partial charge is 0.144 e. The van der Waals surface area contributed by atoms with Crippen LogP contribution in [0.5, 0.6) is 0 Å². The van der Waals surface area contributed by atoms with Gasteiger partial charge in [-0.05, 0) is 60.8 Å². The Morgan fingerprint density at radius 1 is 0.722 bits per heavy atom.